The lowest BCUT2D eigenvalue weighted by Gasteiger charge is -2.17. The first-order chi connectivity index (χ1) is 15.6. The minimum atomic E-state index is -0.437. The Morgan fingerprint density at radius 3 is 1.78 bits per heavy atom. The molecule has 1 aromatic rings. The molecule has 0 spiro atoms. The third kappa shape index (κ3) is 12.3. The van der Waals surface area contributed by atoms with E-state index >= 15 is 0 Å². The van der Waals surface area contributed by atoms with Gasteiger partial charge in [0.15, 0.2) is 0 Å². The van der Waals surface area contributed by atoms with Crippen molar-refractivity contribution in [2.24, 2.45) is 5.92 Å². The van der Waals surface area contributed by atoms with Crippen molar-refractivity contribution in [2.75, 3.05) is 13.2 Å². The van der Waals surface area contributed by atoms with E-state index in [1.807, 2.05) is 0 Å². The molecule has 0 fully saturated rings. The van der Waals surface area contributed by atoms with Gasteiger partial charge in [-0.05, 0) is 37.3 Å². The maximum Gasteiger partial charge on any atom is 0.339 e. The monoisotopic (exact) mass is 446 g/mol. The number of ether oxygens (including phenoxy) is 2. The average molecular weight is 447 g/mol. The van der Waals surface area contributed by atoms with Crippen LogP contribution >= 0.6 is 0 Å². The highest BCUT2D eigenvalue weighted by Gasteiger charge is 2.20. The summed E-state index contributed by atoms with van der Waals surface area (Å²) in [5, 5.41) is 0. The fraction of sp³-hybridized carbons (Fsp3) is 0.714. The molecule has 0 N–H and O–H groups in total. The van der Waals surface area contributed by atoms with Crippen LogP contribution in [-0.4, -0.2) is 25.2 Å². The van der Waals surface area contributed by atoms with Crippen molar-refractivity contribution in [3.63, 3.8) is 0 Å². The van der Waals surface area contributed by atoms with Crippen molar-refractivity contribution in [2.45, 2.75) is 111 Å². The van der Waals surface area contributed by atoms with Gasteiger partial charge in [-0.2, -0.15) is 0 Å². The smallest absolute Gasteiger partial charge is 0.339 e. The van der Waals surface area contributed by atoms with Gasteiger partial charge in [0.05, 0.1) is 24.3 Å². The molecule has 1 unspecified atom stereocenters. The molecule has 0 bridgehead atoms. The Morgan fingerprint density at radius 1 is 0.656 bits per heavy atom. The van der Waals surface area contributed by atoms with Crippen LogP contribution in [0.1, 0.15) is 131 Å². The topological polar surface area (TPSA) is 52.6 Å². The Kier molecular flexibility index (Phi) is 16.5. The summed E-state index contributed by atoms with van der Waals surface area (Å²) in [5.41, 5.74) is 0.604. The molecule has 32 heavy (non-hydrogen) atoms. The first-order valence-electron chi connectivity index (χ1n) is 13.1. The predicted octanol–water partition coefficient (Wildman–Crippen LogP) is 8.14. The molecule has 1 atom stereocenters. The van der Waals surface area contributed by atoms with Gasteiger partial charge >= 0.3 is 11.9 Å². The molecule has 4 nitrogen and oxygen atoms in total. The highest BCUT2D eigenvalue weighted by molar-refractivity contribution is 6.03. The van der Waals surface area contributed by atoms with E-state index in [1.54, 1.807) is 24.3 Å². The van der Waals surface area contributed by atoms with Gasteiger partial charge in [-0.3, -0.25) is 0 Å². The summed E-state index contributed by atoms with van der Waals surface area (Å²) < 4.78 is 11.1. The van der Waals surface area contributed by atoms with E-state index in [2.05, 4.69) is 20.8 Å². The summed E-state index contributed by atoms with van der Waals surface area (Å²) >= 11 is 0. The van der Waals surface area contributed by atoms with Crippen molar-refractivity contribution in [1.82, 2.24) is 0 Å². The molecule has 182 valence electrons. The normalized spacial score (nSPS) is 11.8. The number of hydrogen-bond acceptors (Lipinski definition) is 4. The average Bonchev–Trinajstić information content (AvgIpc) is 2.81. The Balaban J connectivity index is 2.45. The third-order valence-electron chi connectivity index (χ3n) is 5.96. The number of hydrogen-bond donors (Lipinski definition) is 0. The van der Waals surface area contributed by atoms with E-state index in [1.165, 1.54) is 57.8 Å². The summed E-state index contributed by atoms with van der Waals surface area (Å²) in [6.07, 6.45) is 16.3. The fourth-order valence-electron chi connectivity index (χ4n) is 3.99. The van der Waals surface area contributed by atoms with Gasteiger partial charge in [-0.25, -0.2) is 9.59 Å². The third-order valence-corrected chi connectivity index (χ3v) is 5.96. The van der Waals surface area contributed by atoms with E-state index in [9.17, 15) is 9.59 Å². The van der Waals surface area contributed by atoms with Crippen LogP contribution in [0.15, 0.2) is 24.3 Å². The van der Waals surface area contributed by atoms with Crippen LogP contribution in [-0.2, 0) is 9.47 Å². The first kappa shape index (κ1) is 28.2. The Morgan fingerprint density at radius 2 is 1.19 bits per heavy atom. The Hall–Kier alpha value is -1.84. The van der Waals surface area contributed by atoms with Crippen LogP contribution in [0, 0.1) is 5.92 Å². The quantitative estimate of drug-likeness (QED) is 0.159. The molecule has 0 saturated heterocycles. The van der Waals surface area contributed by atoms with Crippen LogP contribution < -0.4 is 0 Å². The summed E-state index contributed by atoms with van der Waals surface area (Å²) in [6, 6.07) is 6.82. The van der Waals surface area contributed by atoms with Gasteiger partial charge < -0.3 is 9.47 Å². The second-order valence-electron chi connectivity index (χ2n) is 8.91. The highest BCUT2D eigenvalue weighted by Crippen LogP contribution is 2.18. The number of carbonyl (C=O) groups is 2. The van der Waals surface area contributed by atoms with Crippen LogP contribution in [0.25, 0.3) is 0 Å². The van der Waals surface area contributed by atoms with Gasteiger partial charge in [-0.1, -0.05) is 104 Å². The molecule has 0 aliphatic carbocycles. The van der Waals surface area contributed by atoms with Gasteiger partial charge in [0.25, 0.3) is 0 Å². The van der Waals surface area contributed by atoms with Crippen LogP contribution in [0.4, 0.5) is 0 Å². The van der Waals surface area contributed by atoms with Crippen molar-refractivity contribution >= 4 is 11.9 Å². The van der Waals surface area contributed by atoms with Crippen LogP contribution in [0.5, 0.6) is 0 Å². The van der Waals surface area contributed by atoms with Crippen LogP contribution in [0.2, 0.25) is 0 Å². The zero-order valence-electron chi connectivity index (χ0n) is 20.8. The molecule has 0 aromatic heterocycles. The number of unbranched alkanes of at least 4 members (excludes halogenated alkanes) is 9. The summed E-state index contributed by atoms with van der Waals surface area (Å²) in [6.45, 7) is 7.39. The highest BCUT2D eigenvalue weighted by atomic mass is 16.5. The molecule has 0 heterocycles. The molecular formula is C28H46O4. The largest absolute Gasteiger partial charge is 0.462 e. The lowest BCUT2D eigenvalue weighted by molar-refractivity contribution is 0.0401. The van der Waals surface area contributed by atoms with E-state index in [0.29, 0.717) is 30.3 Å². The van der Waals surface area contributed by atoms with E-state index in [0.717, 1.165) is 32.1 Å². The molecule has 1 aromatic carbocycles. The van der Waals surface area contributed by atoms with Gasteiger partial charge in [-0.15, -0.1) is 0 Å². The van der Waals surface area contributed by atoms with Crippen LogP contribution in [0.3, 0.4) is 0 Å². The van der Waals surface area contributed by atoms with Crippen molar-refractivity contribution in [3.05, 3.63) is 35.4 Å². The minimum Gasteiger partial charge on any atom is -0.462 e. The molecular weight excluding hydrogens is 400 g/mol. The lowest BCUT2D eigenvalue weighted by Crippen LogP contribution is -2.18. The summed E-state index contributed by atoms with van der Waals surface area (Å²) in [4.78, 5) is 25.3. The van der Waals surface area contributed by atoms with Crippen molar-refractivity contribution in [1.29, 1.82) is 0 Å². The van der Waals surface area contributed by atoms with Gasteiger partial charge in [0, 0.05) is 0 Å². The van der Waals surface area contributed by atoms with Gasteiger partial charge in [0.2, 0.25) is 0 Å². The fourth-order valence-corrected chi connectivity index (χ4v) is 3.99. The summed E-state index contributed by atoms with van der Waals surface area (Å²) in [7, 11) is 0. The first-order valence-corrected chi connectivity index (χ1v) is 13.1. The van der Waals surface area contributed by atoms with Gasteiger partial charge in [0.1, 0.15) is 0 Å². The standard InChI is InChI=1S/C28H46O4/c1-4-7-9-10-11-12-13-17-22-31-27(29)25-20-15-16-21-26(25)28(30)32-23-24(18-6-3)19-14-8-5-2/h15-16,20-21,24H,4-14,17-19,22-23H2,1-3H3. The molecule has 0 amide bonds. The SMILES string of the molecule is CCCCCCCCCCOC(=O)c1ccccc1C(=O)OCC(CCC)CCCCC. The zero-order chi connectivity index (χ0) is 23.4. The van der Waals surface area contributed by atoms with E-state index < -0.39 is 11.9 Å². The minimum absolute atomic E-state index is 0.301. The van der Waals surface area contributed by atoms with E-state index in [4.69, 9.17) is 9.47 Å². The zero-order valence-corrected chi connectivity index (χ0v) is 20.8. The van der Waals surface area contributed by atoms with Crippen molar-refractivity contribution in [3.8, 4) is 0 Å². The maximum atomic E-state index is 12.7. The predicted molar refractivity (Wildman–Crippen MR) is 132 cm³/mol. The second-order valence-corrected chi connectivity index (χ2v) is 8.91. The Bertz CT molecular complexity index is 626. The molecule has 0 saturated carbocycles. The molecule has 0 aliphatic rings. The van der Waals surface area contributed by atoms with E-state index in [-0.39, 0.29) is 0 Å². The van der Waals surface area contributed by atoms with Crippen molar-refractivity contribution < 1.29 is 19.1 Å². The molecule has 1 rings (SSSR count). The number of rotatable bonds is 19. The summed E-state index contributed by atoms with van der Waals surface area (Å²) in [5.74, 6) is -0.480. The molecule has 0 aliphatic heterocycles. The Labute approximate surface area is 196 Å². The molecule has 4 heteroatoms. The maximum absolute atomic E-state index is 12.7. The lowest BCUT2D eigenvalue weighted by atomic mass is 9.97. The number of carbonyl (C=O) groups excluding carboxylic acids is 2. The second kappa shape index (κ2) is 18.7. The molecule has 0 radical (unpaired) electrons. The number of esters is 2. The number of benzene rings is 1.